The fourth-order valence-electron chi connectivity index (χ4n) is 2.20. The molecule has 0 saturated heterocycles. The average Bonchev–Trinajstić information content (AvgIpc) is 2.56. The summed E-state index contributed by atoms with van der Waals surface area (Å²) in [5.41, 5.74) is 3.17. The third-order valence-corrected chi connectivity index (χ3v) is 3.04. The summed E-state index contributed by atoms with van der Waals surface area (Å²) in [4.78, 5) is 9.14. The predicted octanol–water partition coefficient (Wildman–Crippen LogP) is 3.18. The smallest absolute Gasteiger partial charge is 0.159 e. The molecule has 0 radical (unpaired) electrons. The summed E-state index contributed by atoms with van der Waals surface area (Å²) < 4.78 is 2.12. The molecule has 0 bridgehead atoms. The van der Waals surface area contributed by atoms with Gasteiger partial charge in [-0.25, -0.2) is 9.97 Å². The van der Waals surface area contributed by atoms with Crippen molar-refractivity contribution in [2.75, 3.05) is 0 Å². The van der Waals surface area contributed by atoms with Gasteiger partial charge < -0.3 is 4.57 Å². The Hall–Kier alpha value is -1.38. The normalized spacial score (nSPS) is 13.2. The zero-order chi connectivity index (χ0) is 11.7. The lowest BCUT2D eigenvalue weighted by Crippen LogP contribution is -2.03. The zero-order valence-corrected chi connectivity index (χ0v) is 10.5. The Morgan fingerprint density at radius 3 is 2.88 bits per heavy atom. The summed E-state index contributed by atoms with van der Waals surface area (Å²) in [5.74, 6) is 1.65. The van der Waals surface area contributed by atoms with E-state index in [1.807, 2.05) is 6.20 Å². The van der Waals surface area contributed by atoms with Crippen molar-refractivity contribution in [2.24, 2.45) is 7.05 Å². The second-order valence-electron chi connectivity index (χ2n) is 4.57. The first-order valence-electron chi connectivity index (χ1n) is 5.92. The second-order valence-corrected chi connectivity index (χ2v) is 4.57. The van der Waals surface area contributed by atoms with Crippen molar-refractivity contribution in [3.63, 3.8) is 0 Å². The Balaban J connectivity index is 2.51. The Morgan fingerprint density at radius 1 is 1.44 bits per heavy atom. The molecule has 1 atom stereocenters. The molecule has 0 saturated carbocycles. The minimum atomic E-state index is 0.504. The van der Waals surface area contributed by atoms with Gasteiger partial charge in [0, 0.05) is 19.2 Å². The fraction of sp³-hybridized carbons (Fsp3) is 0.538. The number of rotatable bonds is 3. The molecule has 0 spiro atoms. The number of nitrogens with zero attached hydrogens (tertiary/aromatic N) is 3. The van der Waals surface area contributed by atoms with Gasteiger partial charge in [0.1, 0.15) is 11.3 Å². The highest BCUT2D eigenvalue weighted by molar-refractivity contribution is 5.72. The predicted molar refractivity (Wildman–Crippen MR) is 66.6 cm³/mol. The van der Waals surface area contributed by atoms with Crippen LogP contribution in [0.4, 0.5) is 0 Å². The molecular formula is C13H19N3. The molecule has 2 heterocycles. The van der Waals surface area contributed by atoms with Crippen molar-refractivity contribution in [1.29, 1.82) is 0 Å². The zero-order valence-electron chi connectivity index (χ0n) is 10.5. The van der Waals surface area contributed by atoms with Gasteiger partial charge >= 0.3 is 0 Å². The first kappa shape index (κ1) is 11.1. The van der Waals surface area contributed by atoms with Crippen LogP contribution in [0.15, 0.2) is 12.3 Å². The second kappa shape index (κ2) is 4.24. The van der Waals surface area contributed by atoms with Gasteiger partial charge in [0.15, 0.2) is 5.65 Å². The minimum absolute atomic E-state index is 0.504. The van der Waals surface area contributed by atoms with E-state index in [2.05, 4.69) is 43.4 Å². The highest BCUT2D eigenvalue weighted by atomic mass is 15.1. The maximum Gasteiger partial charge on any atom is 0.159 e. The van der Waals surface area contributed by atoms with Gasteiger partial charge in [-0.1, -0.05) is 20.3 Å². The third kappa shape index (κ3) is 1.82. The molecule has 86 valence electrons. The maximum atomic E-state index is 4.69. The SMILES string of the molecule is CCCC(C)c1nc2cc(C)cnc2n1C. The number of imidazole rings is 1. The van der Waals surface area contributed by atoms with Crippen LogP contribution >= 0.6 is 0 Å². The van der Waals surface area contributed by atoms with Gasteiger partial charge in [-0.2, -0.15) is 0 Å². The van der Waals surface area contributed by atoms with Crippen molar-refractivity contribution in [1.82, 2.24) is 14.5 Å². The van der Waals surface area contributed by atoms with E-state index in [1.54, 1.807) is 0 Å². The quantitative estimate of drug-likeness (QED) is 0.790. The lowest BCUT2D eigenvalue weighted by molar-refractivity contribution is 0.605. The fourth-order valence-corrected chi connectivity index (χ4v) is 2.20. The molecule has 2 aromatic heterocycles. The van der Waals surface area contributed by atoms with Crippen LogP contribution in [0.2, 0.25) is 0 Å². The van der Waals surface area contributed by atoms with Crippen molar-refractivity contribution in [3.05, 3.63) is 23.7 Å². The molecular weight excluding hydrogens is 198 g/mol. The first-order chi connectivity index (χ1) is 7.63. The van der Waals surface area contributed by atoms with E-state index >= 15 is 0 Å². The van der Waals surface area contributed by atoms with Gasteiger partial charge in [-0.05, 0) is 25.0 Å². The van der Waals surface area contributed by atoms with Crippen molar-refractivity contribution in [3.8, 4) is 0 Å². The molecule has 3 nitrogen and oxygen atoms in total. The number of hydrogen-bond donors (Lipinski definition) is 0. The number of aryl methyl sites for hydroxylation is 2. The molecule has 0 aliphatic heterocycles. The van der Waals surface area contributed by atoms with Gasteiger partial charge in [0.05, 0.1) is 0 Å². The molecule has 2 aromatic rings. The lowest BCUT2D eigenvalue weighted by atomic mass is 10.1. The molecule has 3 heteroatoms. The Kier molecular flexibility index (Phi) is 2.95. The van der Waals surface area contributed by atoms with Crippen LogP contribution < -0.4 is 0 Å². The average molecular weight is 217 g/mol. The van der Waals surface area contributed by atoms with Crippen molar-refractivity contribution >= 4 is 11.2 Å². The summed E-state index contributed by atoms with van der Waals surface area (Å²) in [6.07, 6.45) is 4.27. The number of fused-ring (bicyclic) bond motifs is 1. The summed E-state index contributed by atoms with van der Waals surface area (Å²) in [6, 6.07) is 2.10. The molecule has 0 aliphatic rings. The summed E-state index contributed by atoms with van der Waals surface area (Å²) in [7, 11) is 2.05. The Labute approximate surface area is 96.5 Å². The summed E-state index contributed by atoms with van der Waals surface area (Å²) in [5, 5.41) is 0. The van der Waals surface area contributed by atoms with Crippen LogP contribution in [0.5, 0.6) is 0 Å². The monoisotopic (exact) mass is 217 g/mol. The molecule has 0 aromatic carbocycles. The van der Waals surface area contributed by atoms with Crippen LogP contribution in [-0.2, 0) is 7.05 Å². The molecule has 2 rings (SSSR count). The molecule has 0 aliphatic carbocycles. The molecule has 1 unspecified atom stereocenters. The van der Waals surface area contributed by atoms with Crippen LogP contribution in [0.1, 0.15) is 44.0 Å². The molecule has 0 N–H and O–H groups in total. The number of pyridine rings is 1. The van der Waals surface area contributed by atoms with E-state index in [0.29, 0.717) is 5.92 Å². The minimum Gasteiger partial charge on any atom is -0.316 e. The van der Waals surface area contributed by atoms with Crippen LogP contribution in [0.3, 0.4) is 0 Å². The molecule has 16 heavy (non-hydrogen) atoms. The highest BCUT2D eigenvalue weighted by Gasteiger charge is 2.14. The number of hydrogen-bond acceptors (Lipinski definition) is 2. The van der Waals surface area contributed by atoms with E-state index < -0.39 is 0 Å². The van der Waals surface area contributed by atoms with Crippen molar-refractivity contribution < 1.29 is 0 Å². The maximum absolute atomic E-state index is 4.69. The van der Waals surface area contributed by atoms with Gasteiger partial charge in [-0.3, -0.25) is 0 Å². The largest absolute Gasteiger partial charge is 0.316 e. The molecule has 0 fully saturated rings. The highest BCUT2D eigenvalue weighted by Crippen LogP contribution is 2.23. The number of aromatic nitrogens is 3. The lowest BCUT2D eigenvalue weighted by Gasteiger charge is -2.09. The van der Waals surface area contributed by atoms with Crippen LogP contribution in [0, 0.1) is 6.92 Å². The van der Waals surface area contributed by atoms with E-state index in [4.69, 9.17) is 4.98 Å². The van der Waals surface area contributed by atoms with Crippen molar-refractivity contribution in [2.45, 2.75) is 39.5 Å². The van der Waals surface area contributed by atoms with E-state index in [-0.39, 0.29) is 0 Å². The van der Waals surface area contributed by atoms with Gasteiger partial charge in [0.2, 0.25) is 0 Å². The summed E-state index contributed by atoms with van der Waals surface area (Å²) >= 11 is 0. The van der Waals surface area contributed by atoms with Gasteiger partial charge in [-0.15, -0.1) is 0 Å². The third-order valence-electron chi connectivity index (χ3n) is 3.04. The van der Waals surface area contributed by atoms with E-state index in [0.717, 1.165) is 17.0 Å². The standard InChI is InChI=1S/C13H19N3/c1-5-6-10(3)12-15-11-7-9(2)8-14-13(11)16(12)4/h7-8,10H,5-6H2,1-4H3. The van der Waals surface area contributed by atoms with E-state index in [9.17, 15) is 0 Å². The van der Waals surface area contributed by atoms with Crippen LogP contribution in [-0.4, -0.2) is 14.5 Å². The Bertz CT molecular complexity index is 499. The summed E-state index contributed by atoms with van der Waals surface area (Å²) in [6.45, 7) is 6.50. The van der Waals surface area contributed by atoms with Gasteiger partial charge in [0.25, 0.3) is 0 Å². The Morgan fingerprint density at radius 2 is 2.19 bits per heavy atom. The topological polar surface area (TPSA) is 30.7 Å². The first-order valence-corrected chi connectivity index (χ1v) is 5.92. The van der Waals surface area contributed by atoms with E-state index in [1.165, 1.54) is 18.4 Å². The molecule has 0 amide bonds. The van der Waals surface area contributed by atoms with Crippen LogP contribution in [0.25, 0.3) is 11.2 Å².